The summed E-state index contributed by atoms with van der Waals surface area (Å²) in [7, 11) is 0. The summed E-state index contributed by atoms with van der Waals surface area (Å²) in [6, 6.07) is 9.54. The Labute approximate surface area is 168 Å². The number of hydrazone groups is 1. The molecule has 0 fully saturated rings. The van der Waals surface area contributed by atoms with E-state index in [-0.39, 0.29) is 28.4 Å². The fourth-order valence-electron chi connectivity index (χ4n) is 2.15. The van der Waals surface area contributed by atoms with Crippen molar-refractivity contribution < 1.29 is 13.9 Å². The van der Waals surface area contributed by atoms with Crippen LogP contribution in [0.4, 0.5) is 0 Å². The molecule has 0 radical (unpaired) electrons. The van der Waals surface area contributed by atoms with Gasteiger partial charge in [0, 0.05) is 5.02 Å². The second-order valence-electron chi connectivity index (χ2n) is 5.29. The van der Waals surface area contributed by atoms with Gasteiger partial charge in [-0.2, -0.15) is 5.10 Å². The first-order valence-electron chi connectivity index (χ1n) is 7.55. The van der Waals surface area contributed by atoms with Crippen LogP contribution in [0.25, 0.3) is 11.0 Å². The van der Waals surface area contributed by atoms with Gasteiger partial charge in [0.05, 0.1) is 22.2 Å². The molecule has 138 valence electrons. The number of rotatable bonds is 5. The van der Waals surface area contributed by atoms with Gasteiger partial charge in [-0.15, -0.1) is 0 Å². The van der Waals surface area contributed by atoms with Crippen LogP contribution in [0.3, 0.4) is 0 Å². The Kier molecular flexibility index (Phi) is 6.01. The smallest absolute Gasteiger partial charge is 0.277 e. The molecule has 9 heteroatoms. The quantitative estimate of drug-likeness (QED) is 0.488. The van der Waals surface area contributed by atoms with Crippen molar-refractivity contribution in [3.63, 3.8) is 0 Å². The van der Waals surface area contributed by atoms with Gasteiger partial charge in [0.25, 0.3) is 5.91 Å². The molecule has 1 heterocycles. The molecule has 0 atom stereocenters. The average Bonchev–Trinajstić information content (AvgIpc) is 2.65. The molecule has 0 unspecified atom stereocenters. The molecular weight excluding hydrogens is 415 g/mol. The second kappa shape index (κ2) is 8.43. The third-order valence-corrected chi connectivity index (χ3v) is 4.47. The third kappa shape index (κ3) is 4.60. The first kappa shape index (κ1) is 19.2. The zero-order valence-corrected chi connectivity index (χ0v) is 15.8. The minimum atomic E-state index is -0.546. The lowest BCUT2D eigenvalue weighted by Gasteiger charge is -2.07. The lowest BCUT2D eigenvalue weighted by Crippen LogP contribution is -2.25. The van der Waals surface area contributed by atoms with Crippen LogP contribution in [-0.4, -0.2) is 18.7 Å². The van der Waals surface area contributed by atoms with Gasteiger partial charge in [0.2, 0.25) is 5.43 Å². The number of amides is 1. The molecule has 27 heavy (non-hydrogen) atoms. The Morgan fingerprint density at radius 1 is 1.22 bits per heavy atom. The zero-order valence-electron chi connectivity index (χ0n) is 13.5. The SMILES string of the molecule is O=C(COc1cccc(Cl)c1Cl)N/N=C/c1coc2ccc(Cl)cc2c1=O. The summed E-state index contributed by atoms with van der Waals surface area (Å²) in [6.45, 7) is -0.334. The highest BCUT2D eigenvalue weighted by Crippen LogP contribution is 2.31. The zero-order chi connectivity index (χ0) is 19.4. The number of carbonyl (C=O) groups excluding carboxylic acids is 1. The van der Waals surface area contributed by atoms with Gasteiger partial charge in [-0.25, -0.2) is 5.43 Å². The molecule has 6 nitrogen and oxygen atoms in total. The van der Waals surface area contributed by atoms with Gasteiger partial charge in [0.1, 0.15) is 22.6 Å². The van der Waals surface area contributed by atoms with Crippen molar-refractivity contribution in [1.82, 2.24) is 5.43 Å². The molecule has 1 amide bonds. The van der Waals surface area contributed by atoms with E-state index in [1.54, 1.807) is 30.3 Å². The van der Waals surface area contributed by atoms with E-state index in [4.69, 9.17) is 44.0 Å². The van der Waals surface area contributed by atoms with Crippen LogP contribution in [0.1, 0.15) is 5.56 Å². The largest absolute Gasteiger partial charge is 0.482 e. The predicted molar refractivity (Wildman–Crippen MR) is 105 cm³/mol. The Bertz CT molecular complexity index is 1100. The molecule has 0 aliphatic heterocycles. The molecule has 0 spiro atoms. The summed E-state index contributed by atoms with van der Waals surface area (Å²) < 4.78 is 10.6. The summed E-state index contributed by atoms with van der Waals surface area (Å²) in [5, 5.41) is 4.98. The molecule has 1 aromatic heterocycles. The maximum Gasteiger partial charge on any atom is 0.277 e. The number of nitrogens with zero attached hydrogens (tertiary/aromatic N) is 1. The van der Waals surface area contributed by atoms with Crippen LogP contribution in [0.5, 0.6) is 5.75 Å². The normalized spacial score (nSPS) is 11.1. The summed E-state index contributed by atoms with van der Waals surface area (Å²) in [5.41, 5.74) is 2.48. The van der Waals surface area contributed by atoms with Crippen molar-refractivity contribution in [1.29, 1.82) is 0 Å². The van der Waals surface area contributed by atoms with Gasteiger partial charge in [0.15, 0.2) is 6.61 Å². The van der Waals surface area contributed by atoms with Crippen molar-refractivity contribution in [3.05, 3.63) is 73.5 Å². The summed E-state index contributed by atoms with van der Waals surface area (Å²) in [5.74, 6) is -0.272. The molecule has 3 rings (SSSR count). The number of carbonyl (C=O) groups is 1. The van der Waals surface area contributed by atoms with Crippen LogP contribution < -0.4 is 15.6 Å². The number of hydrogen-bond donors (Lipinski definition) is 1. The van der Waals surface area contributed by atoms with E-state index in [0.717, 1.165) is 0 Å². The minimum Gasteiger partial charge on any atom is -0.482 e. The molecule has 2 aromatic carbocycles. The van der Waals surface area contributed by atoms with E-state index in [1.165, 1.54) is 18.5 Å². The number of fused-ring (bicyclic) bond motifs is 1. The second-order valence-corrected chi connectivity index (χ2v) is 6.52. The summed E-state index contributed by atoms with van der Waals surface area (Å²) >= 11 is 17.7. The van der Waals surface area contributed by atoms with Gasteiger partial charge < -0.3 is 9.15 Å². The highest BCUT2D eigenvalue weighted by molar-refractivity contribution is 6.42. The van der Waals surface area contributed by atoms with E-state index in [1.807, 2.05) is 0 Å². The van der Waals surface area contributed by atoms with Gasteiger partial charge in [-0.3, -0.25) is 9.59 Å². The van der Waals surface area contributed by atoms with Crippen LogP contribution in [0, 0.1) is 0 Å². The Morgan fingerprint density at radius 2 is 2.04 bits per heavy atom. The van der Waals surface area contributed by atoms with Crippen LogP contribution in [-0.2, 0) is 4.79 Å². The maximum absolute atomic E-state index is 12.4. The topological polar surface area (TPSA) is 80.9 Å². The Hall–Kier alpha value is -2.54. The maximum atomic E-state index is 12.4. The molecule has 3 aromatic rings. The first-order chi connectivity index (χ1) is 13.0. The van der Waals surface area contributed by atoms with Crippen molar-refractivity contribution in [2.24, 2.45) is 5.10 Å². The van der Waals surface area contributed by atoms with E-state index < -0.39 is 5.91 Å². The number of ether oxygens (including phenoxy) is 1. The van der Waals surface area contributed by atoms with Crippen LogP contribution in [0.2, 0.25) is 15.1 Å². The number of halogens is 3. The highest BCUT2D eigenvalue weighted by atomic mass is 35.5. The number of nitrogens with one attached hydrogen (secondary N) is 1. The van der Waals surface area contributed by atoms with E-state index in [9.17, 15) is 9.59 Å². The number of hydrogen-bond acceptors (Lipinski definition) is 5. The lowest BCUT2D eigenvalue weighted by molar-refractivity contribution is -0.123. The van der Waals surface area contributed by atoms with Crippen molar-refractivity contribution >= 4 is 57.9 Å². The van der Waals surface area contributed by atoms with Gasteiger partial charge >= 0.3 is 0 Å². The predicted octanol–water partition coefficient (Wildman–Crippen LogP) is 4.28. The monoisotopic (exact) mass is 424 g/mol. The van der Waals surface area contributed by atoms with Crippen LogP contribution >= 0.6 is 34.8 Å². The molecule has 0 aliphatic carbocycles. The summed E-state index contributed by atoms with van der Waals surface area (Å²) in [4.78, 5) is 24.2. The van der Waals surface area contributed by atoms with Crippen molar-refractivity contribution in [2.45, 2.75) is 0 Å². The molecule has 0 bridgehead atoms. The van der Waals surface area contributed by atoms with Crippen molar-refractivity contribution in [2.75, 3.05) is 6.61 Å². The molecule has 0 saturated heterocycles. The molecule has 0 saturated carbocycles. The van der Waals surface area contributed by atoms with E-state index >= 15 is 0 Å². The van der Waals surface area contributed by atoms with E-state index in [2.05, 4.69) is 10.5 Å². The minimum absolute atomic E-state index is 0.156. The summed E-state index contributed by atoms with van der Waals surface area (Å²) in [6.07, 6.45) is 2.42. The fourth-order valence-corrected chi connectivity index (χ4v) is 2.67. The van der Waals surface area contributed by atoms with Gasteiger partial charge in [-0.1, -0.05) is 40.9 Å². The fraction of sp³-hybridized carbons (Fsp3) is 0.0556. The molecule has 1 N–H and O–H groups in total. The Morgan fingerprint density at radius 3 is 2.85 bits per heavy atom. The van der Waals surface area contributed by atoms with Crippen molar-refractivity contribution in [3.8, 4) is 5.75 Å². The highest BCUT2D eigenvalue weighted by Gasteiger charge is 2.09. The van der Waals surface area contributed by atoms with Crippen LogP contribution in [0.15, 0.2) is 57.0 Å². The van der Waals surface area contributed by atoms with E-state index in [0.29, 0.717) is 21.0 Å². The average molecular weight is 426 g/mol. The Balaban J connectivity index is 1.64. The molecular formula is C18H11Cl3N2O4. The third-order valence-electron chi connectivity index (χ3n) is 3.43. The standard InChI is InChI=1S/C18H11Cl3N2O4/c19-11-4-5-14-12(6-11)18(25)10(8-26-14)7-22-23-16(24)9-27-15-3-1-2-13(20)17(15)21/h1-8H,9H2,(H,23,24)/b22-7+. The molecule has 0 aliphatic rings. The number of benzene rings is 2. The first-order valence-corrected chi connectivity index (χ1v) is 8.69. The van der Waals surface area contributed by atoms with Gasteiger partial charge in [-0.05, 0) is 30.3 Å². The lowest BCUT2D eigenvalue weighted by atomic mass is 10.2.